The van der Waals surface area contributed by atoms with E-state index in [1.807, 2.05) is 29.2 Å². The molecule has 164 valence electrons. The van der Waals surface area contributed by atoms with E-state index < -0.39 is 0 Å². The number of aromatic nitrogens is 6. The molecule has 5 aromatic rings. The van der Waals surface area contributed by atoms with Crippen LogP contribution < -0.4 is 10.2 Å². The lowest BCUT2D eigenvalue weighted by molar-refractivity contribution is -0.120. The summed E-state index contributed by atoms with van der Waals surface area (Å²) in [4.78, 5) is 28.0. The number of fused-ring (bicyclic) bond motifs is 2. The highest BCUT2D eigenvalue weighted by molar-refractivity contribution is 7.21. The van der Waals surface area contributed by atoms with Crippen LogP contribution in [-0.2, 0) is 11.8 Å². The number of hydrogen-bond acceptors (Lipinski definition) is 8. The Morgan fingerprint density at radius 2 is 1.94 bits per heavy atom. The molecule has 33 heavy (non-hydrogen) atoms. The Morgan fingerprint density at radius 3 is 2.76 bits per heavy atom. The normalized spacial score (nSPS) is 14.1. The molecular formula is C23H20N8OS. The first-order chi connectivity index (χ1) is 16.0. The first-order valence-corrected chi connectivity index (χ1v) is 11.4. The molecule has 0 radical (unpaired) electrons. The van der Waals surface area contributed by atoms with Gasteiger partial charge in [-0.25, -0.2) is 19.6 Å². The molecule has 1 N–H and O–H groups in total. The van der Waals surface area contributed by atoms with E-state index in [1.165, 1.54) is 16.6 Å². The summed E-state index contributed by atoms with van der Waals surface area (Å²) in [5, 5.41) is 12.2. The number of carbonyl (C=O) groups is 1. The van der Waals surface area contributed by atoms with Gasteiger partial charge in [0.2, 0.25) is 5.91 Å². The van der Waals surface area contributed by atoms with Crippen molar-refractivity contribution >= 4 is 50.1 Å². The second kappa shape index (κ2) is 7.59. The number of hydrogen-bond donors (Lipinski definition) is 1. The van der Waals surface area contributed by atoms with E-state index >= 15 is 0 Å². The van der Waals surface area contributed by atoms with Gasteiger partial charge >= 0.3 is 0 Å². The van der Waals surface area contributed by atoms with Gasteiger partial charge in [-0.2, -0.15) is 0 Å². The lowest BCUT2D eigenvalue weighted by Gasteiger charge is -2.38. The van der Waals surface area contributed by atoms with Gasteiger partial charge in [0.05, 0.1) is 16.1 Å². The van der Waals surface area contributed by atoms with Crippen molar-refractivity contribution in [2.24, 2.45) is 13.0 Å². The molecule has 0 saturated carbocycles. The molecule has 1 aliphatic rings. The van der Waals surface area contributed by atoms with Crippen LogP contribution in [-0.4, -0.2) is 48.9 Å². The first-order valence-electron chi connectivity index (χ1n) is 10.6. The molecule has 9 nitrogen and oxygen atoms in total. The summed E-state index contributed by atoms with van der Waals surface area (Å²) in [6.45, 7) is 3.25. The van der Waals surface area contributed by atoms with Crippen molar-refractivity contribution in [1.29, 1.82) is 0 Å². The van der Waals surface area contributed by atoms with Gasteiger partial charge in [-0.1, -0.05) is 11.3 Å². The number of aryl methyl sites for hydroxylation is 2. The molecule has 0 spiro atoms. The zero-order chi connectivity index (χ0) is 22.5. The highest BCUT2D eigenvalue weighted by atomic mass is 32.1. The van der Waals surface area contributed by atoms with Gasteiger partial charge < -0.3 is 10.2 Å². The Labute approximate surface area is 193 Å². The molecule has 10 heteroatoms. The monoisotopic (exact) mass is 456 g/mol. The molecule has 3 aromatic heterocycles. The number of anilines is 2. The SMILES string of the molecule is Cc1ccc2nc(-c3ccc(NC(=O)C4CN(c5ncnc6c5nnn6C)C4)cc3)sc2c1. The predicted octanol–water partition coefficient (Wildman–Crippen LogP) is 3.42. The van der Waals surface area contributed by atoms with Crippen molar-refractivity contribution in [2.45, 2.75) is 6.92 Å². The summed E-state index contributed by atoms with van der Waals surface area (Å²) in [6.07, 6.45) is 1.50. The van der Waals surface area contributed by atoms with E-state index in [0.29, 0.717) is 30.1 Å². The van der Waals surface area contributed by atoms with E-state index in [4.69, 9.17) is 4.98 Å². The zero-order valence-corrected chi connectivity index (χ0v) is 18.9. The molecule has 0 unspecified atom stereocenters. The Balaban J connectivity index is 1.11. The average molecular weight is 457 g/mol. The predicted molar refractivity (Wildman–Crippen MR) is 128 cm³/mol. The number of carbonyl (C=O) groups excluding carboxylic acids is 1. The first kappa shape index (κ1) is 19.7. The minimum absolute atomic E-state index is 0.00101. The minimum atomic E-state index is -0.112. The number of thiazole rings is 1. The highest BCUT2D eigenvalue weighted by Crippen LogP contribution is 2.32. The summed E-state index contributed by atoms with van der Waals surface area (Å²) in [5.74, 6) is 0.602. The maximum atomic E-state index is 12.7. The van der Waals surface area contributed by atoms with Crippen molar-refractivity contribution < 1.29 is 4.79 Å². The van der Waals surface area contributed by atoms with Crippen LogP contribution in [0.25, 0.3) is 32.0 Å². The van der Waals surface area contributed by atoms with E-state index in [1.54, 1.807) is 23.1 Å². The number of amides is 1. The Morgan fingerprint density at radius 1 is 1.12 bits per heavy atom. The van der Waals surface area contributed by atoms with E-state index in [2.05, 4.69) is 50.7 Å². The van der Waals surface area contributed by atoms with Gasteiger partial charge in [0.25, 0.3) is 0 Å². The Hall–Kier alpha value is -3.92. The van der Waals surface area contributed by atoms with Gasteiger partial charge in [-0.15, -0.1) is 16.4 Å². The fourth-order valence-electron chi connectivity index (χ4n) is 3.99. The van der Waals surface area contributed by atoms with Crippen LogP contribution in [0.15, 0.2) is 48.8 Å². The van der Waals surface area contributed by atoms with Crippen LogP contribution in [0.5, 0.6) is 0 Å². The van der Waals surface area contributed by atoms with Gasteiger partial charge in [-0.05, 0) is 48.9 Å². The summed E-state index contributed by atoms with van der Waals surface area (Å²) in [7, 11) is 1.79. The van der Waals surface area contributed by atoms with Crippen LogP contribution in [0.4, 0.5) is 11.5 Å². The van der Waals surface area contributed by atoms with Crippen molar-refractivity contribution in [1.82, 2.24) is 29.9 Å². The highest BCUT2D eigenvalue weighted by Gasteiger charge is 2.35. The van der Waals surface area contributed by atoms with Crippen LogP contribution in [0.1, 0.15) is 5.56 Å². The third-order valence-corrected chi connectivity index (χ3v) is 6.93. The Kier molecular flexibility index (Phi) is 4.54. The summed E-state index contributed by atoms with van der Waals surface area (Å²) < 4.78 is 2.79. The smallest absolute Gasteiger partial charge is 0.231 e. The van der Waals surface area contributed by atoms with Crippen LogP contribution >= 0.6 is 11.3 Å². The third kappa shape index (κ3) is 3.48. The van der Waals surface area contributed by atoms with Crippen LogP contribution in [0.2, 0.25) is 0 Å². The number of benzene rings is 2. The van der Waals surface area contributed by atoms with Crippen molar-refractivity contribution in [2.75, 3.05) is 23.3 Å². The summed E-state index contributed by atoms with van der Waals surface area (Å²) in [5.41, 5.74) is 5.38. The van der Waals surface area contributed by atoms with E-state index in [-0.39, 0.29) is 11.8 Å². The summed E-state index contributed by atoms with van der Waals surface area (Å²) >= 11 is 1.68. The molecule has 0 aliphatic carbocycles. The molecule has 1 fully saturated rings. The minimum Gasteiger partial charge on any atom is -0.353 e. The average Bonchev–Trinajstić information content (AvgIpc) is 3.37. The molecule has 1 amide bonds. The molecular weight excluding hydrogens is 436 g/mol. The number of nitrogens with one attached hydrogen (secondary N) is 1. The fourth-order valence-corrected chi connectivity index (χ4v) is 5.05. The fraction of sp³-hybridized carbons (Fsp3) is 0.217. The van der Waals surface area contributed by atoms with Gasteiger partial charge in [0.1, 0.15) is 11.3 Å². The number of rotatable bonds is 4. The molecule has 2 aromatic carbocycles. The Bertz CT molecular complexity index is 1500. The lowest BCUT2D eigenvalue weighted by Crippen LogP contribution is -2.52. The maximum Gasteiger partial charge on any atom is 0.231 e. The summed E-state index contributed by atoms with van der Waals surface area (Å²) in [6, 6.07) is 14.1. The van der Waals surface area contributed by atoms with Crippen molar-refractivity contribution in [3.05, 3.63) is 54.4 Å². The third-order valence-electron chi connectivity index (χ3n) is 5.86. The van der Waals surface area contributed by atoms with Gasteiger partial charge in [0, 0.05) is 31.4 Å². The second-order valence-electron chi connectivity index (χ2n) is 8.24. The van der Waals surface area contributed by atoms with E-state index in [0.717, 1.165) is 21.8 Å². The van der Waals surface area contributed by atoms with Crippen molar-refractivity contribution in [3.63, 3.8) is 0 Å². The maximum absolute atomic E-state index is 12.7. The zero-order valence-electron chi connectivity index (χ0n) is 18.1. The second-order valence-corrected chi connectivity index (χ2v) is 9.27. The molecule has 4 heterocycles. The van der Waals surface area contributed by atoms with E-state index in [9.17, 15) is 4.79 Å². The van der Waals surface area contributed by atoms with Crippen molar-refractivity contribution in [3.8, 4) is 10.6 Å². The standard InChI is InChI=1S/C23H20N8OS/c1-13-3-8-17-18(9-13)33-23(27-17)14-4-6-16(7-5-14)26-22(32)15-10-31(11-15)21-19-20(24-12-25-21)30(2)29-28-19/h3-9,12,15H,10-11H2,1-2H3,(H,26,32). The van der Waals surface area contributed by atoms with Crippen LogP contribution in [0.3, 0.4) is 0 Å². The van der Waals surface area contributed by atoms with Gasteiger partial charge in [-0.3, -0.25) is 4.79 Å². The molecule has 0 bridgehead atoms. The quantitative estimate of drug-likeness (QED) is 0.442. The molecule has 1 aliphatic heterocycles. The molecule has 1 saturated heterocycles. The number of nitrogens with zero attached hydrogens (tertiary/aromatic N) is 7. The lowest BCUT2D eigenvalue weighted by atomic mass is 9.99. The molecule has 6 rings (SSSR count). The van der Waals surface area contributed by atoms with Gasteiger partial charge in [0.15, 0.2) is 17.0 Å². The van der Waals surface area contributed by atoms with Crippen LogP contribution in [0, 0.1) is 12.8 Å². The largest absolute Gasteiger partial charge is 0.353 e. The molecule has 0 atom stereocenters. The topological polar surface area (TPSA) is 102 Å².